The fourth-order valence-corrected chi connectivity index (χ4v) is 8.62. The number of benzene rings is 6. The van der Waals surface area contributed by atoms with Crippen molar-refractivity contribution in [2.75, 3.05) is 51.8 Å². The summed E-state index contributed by atoms with van der Waals surface area (Å²) in [5, 5.41) is 46.1. The number of aryl methyl sites for hydroxylation is 2. The lowest BCUT2D eigenvalue weighted by Gasteiger charge is -2.19. The first-order chi connectivity index (χ1) is 44.2. The average molecular weight is 1290 g/mol. The summed E-state index contributed by atoms with van der Waals surface area (Å²) in [5.74, 6) is -0.127. The summed E-state index contributed by atoms with van der Waals surface area (Å²) in [7, 11) is 4.06. The van der Waals surface area contributed by atoms with Gasteiger partial charge in [0.05, 0.1) is 17.7 Å². The van der Waals surface area contributed by atoms with Gasteiger partial charge in [-0.3, -0.25) is 14.4 Å². The highest BCUT2D eigenvalue weighted by atomic mass is 19.4. The van der Waals surface area contributed by atoms with Gasteiger partial charge >= 0.3 is 31.1 Å². The van der Waals surface area contributed by atoms with Crippen LogP contribution in [0.3, 0.4) is 0 Å². The second-order valence-electron chi connectivity index (χ2n) is 21.7. The van der Waals surface area contributed by atoms with Gasteiger partial charge in [-0.1, -0.05) is 67.9 Å². The quantitative estimate of drug-likeness (QED) is 0.0152. The van der Waals surface area contributed by atoms with Crippen molar-refractivity contribution in [2.45, 2.75) is 98.1 Å². The van der Waals surface area contributed by atoms with Crippen molar-refractivity contribution in [3.05, 3.63) is 160 Å². The molecule has 0 saturated carbocycles. The van der Waals surface area contributed by atoms with Crippen LogP contribution in [0.25, 0.3) is 56.3 Å². The fourth-order valence-electron chi connectivity index (χ4n) is 8.62. The second kappa shape index (κ2) is 36.0. The molecule has 6 aromatic carbocycles. The molecule has 0 atom stereocenters. The van der Waals surface area contributed by atoms with Crippen LogP contribution in [0.4, 0.5) is 36.8 Å². The van der Waals surface area contributed by atoms with Crippen LogP contribution in [0.15, 0.2) is 121 Å². The number of aromatic nitrogens is 8. The molecule has 2 heterocycles. The van der Waals surface area contributed by atoms with E-state index in [4.69, 9.17) is 14.3 Å². The van der Waals surface area contributed by atoms with E-state index >= 15 is 0 Å². The molecule has 0 aliphatic rings. The molecule has 28 heteroatoms. The van der Waals surface area contributed by atoms with E-state index in [1.165, 1.54) is 28.1 Å². The Labute approximate surface area is 532 Å². The normalized spacial score (nSPS) is 11.0. The molecule has 0 aliphatic carbocycles. The van der Waals surface area contributed by atoms with Gasteiger partial charge in [-0.15, -0.1) is 40.8 Å². The van der Waals surface area contributed by atoms with Gasteiger partial charge < -0.3 is 35.8 Å². The molecule has 0 bridgehead atoms. The SMILES string of the molecule is CCCCOOC=O.Cc1cc(-c2nnc(-c3ccc(C(=O)NCCCCCNC(=O)OC(C)(C)C)cc3)nn2)cc(C(F)(F)F)c1.Cc1cc(-c2nnc(-c3ccc(C(=O)NCCNCc4cccc5c(N(C)C)cccc45)cc3)nn2)cc(C(F)(F)F)c1.O=C=O. The molecule has 22 nitrogen and oxygen atoms in total. The van der Waals surface area contributed by atoms with Crippen LogP contribution in [0, 0.1) is 13.8 Å². The second-order valence-corrected chi connectivity index (χ2v) is 21.7. The number of halogens is 6. The topological polar surface area (TPSA) is 285 Å². The zero-order valence-corrected chi connectivity index (χ0v) is 52.4. The van der Waals surface area contributed by atoms with E-state index in [1.807, 2.05) is 21.0 Å². The molecule has 8 rings (SSSR count). The number of carbonyl (C=O) groups is 4. The Kier molecular flexibility index (Phi) is 28.5. The summed E-state index contributed by atoms with van der Waals surface area (Å²) in [5.41, 5.74) is 3.44. The molecule has 93 heavy (non-hydrogen) atoms. The van der Waals surface area contributed by atoms with Crippen LogP contribution in [0.5, 0.6) is 0 Å². The molecular formula is C65H71F6N13O9. The minimum Gasteiger partial charge on any atom is -0.444 e. The molecule has 0 radical (unpaired) electrons. The molecule has 0 unspecified atom stereocenters. The monoisotopic (exact) mass is 1290 g/mol. The lowest BCUT2D eigenvalue weighted by Crippen LogP contribution is -2.33. The Hall–Kier alpha value is -10.2. The zero-order valence-electron chi connectivity index (χ0n) is 52.4. The zero-order chi connectivity index (χ0) is 68.1. The summed E-state index contributed by atoms with van der Waals surface area (Å²) in [6.45, 7) is 14.0. The maximum atomic E-state index is 13.2. The molecular weight excluding hydrogens is 1220 g/mol. The first kappa shape index (κ1) is 73.6. The number of unbranched alkanes of at least 4 members (excludes halogenated alkanes) is 3. The van der Waals surface area contributed by atoms with Crippen molar-refractivity contribution in [3.8, 4) is 45.6 Å². The third-order valence-electron chi connectivity index (χ3n) is 13.0. The van der Waals surface area contributed by atoms with Crippen molar-refractivity contribution >= 4 is 47.0 Å². The molecule has 4 N–H and O–H groups in total. The van der Waals surface area contributed by atoms with Gasteiger partial charge in [0.2, 0.25) is 23.3 Å². The van der Waals surface area contributed by atoms with E-state index in [-0.39, 0.29) is 58.9 Å². The summed E-state index contributed by atoms with van der Waals surface area (Å²) in [4.78, 5) is 72.7. The number of rotatable bonds is 23. The Bertz CT molecular complexity index is 3740. The van der Waals surface area contributed by atoms with Crippen LogP contribution in [-0.2, 0) is 47.8 Å². The predicted octanol–water partition coefficient (Wildman–Crippen LogP) is 11.3. The Morgan fingerprint density at radius 3 is 1.43 bits per heavy atom. The summed E-state index contributed by atoms with van der Waals surface area (Å²) >= 11 is 0. The van der Waals surface area contributed by atoms with E-state index in [1.54, 1.807) is 89.2 Å². The molecule has 0 saturated heterocycles. The van der Waals surface area contributed by atoms with Crippen molar-refractivity contribution < 1.29 is 69.6 Å². The minimum atomic E-state index is -4.49. The summed E-state index contributed by atoms with van der Waals surface area (Å²) in [6, 6.07) is 32.8. The van der Waals surface area contributed by atoms with Gasteiger partial charge in [0.15, 0.2) is 0 Å². The van der Waals surface area contributed by atoms with Crippen molar-refractivity contribution in [1.29, 1.82) is 0 Å². The Balaban J connectivity index is 0.000000292. The Morgan fingerprint density at radius 1 is 0.548 bits per heavy atom. The number of hydrogen-bond donors (Lipinski definition) is 4. The third kappa shape index (κ3) is 24.5. The predicted molar refractivity (Wildman–Crippen MR) is 332 cm³/mol. The van der Waals surface area contributed by atoms with Crippen molar-refractivity contribution in [2.24, 2.45) is 0 Å². The highest BCUT2D eigenvalue weighted by molar-refractivity contribution is 5.97. The van der Waals surface area contributed by atoms with Gasteiger partial charge in [0.25, 0.3) is 11.8 Å². The molecule has 3 amide bonds. The molecule has 0 aliphatic heterocycles. The first-order valence-electron chi connectivity index (χ1n) is 29.1. The van der Waals surface area contributed by atoms with E-state index in [0.717, 1.165) is 56.4 Å². The van der Waals surface area contributed by atoms with Crippen molar-refractivity contribution in [1.82, 2.24) is 62.1 Å². The fraction of sp³-hybridized carbons (Fsp3) is 0.338. The number of ether oxygens (including phenoxy) is 1. The number of alkyl halides is 6. The number of carbonyl (C=O) groups excluding carboxylic acids is 6. The van der Waals surface area contributed by atoms with E-state index < -0.39 is 35.2 Å². The van der Waals surface area contributed by atoms with E-state index in [0.29, 0.717) is 72.7 Å². The number of alkyl carbamates (subject to hydrolysis) is 1. The van der Waals surface area contributed by atoms with Crippen LogP contribution in [-0.4, -0.2) is 124 Å². The van der Waals surface area contributed by atoms with Gasteiger partial charge in [0, 0.05) is 91.3 Å². The molecule has 2 aromatic heterocycles. The van der Waals surface area contributed by atoms with E-state index in [9.17, 15) is 45.5 Å². The van der Waals surface area contributed by atoms with Gasteiger partial charge in [-0.2, -0.15) is 40.8 Å². The molecule has 492 valence electrons. The molecule has 0 spiro atoms. The largest absolute Gasteiger partial charge is 0.444 e. The van der Waals surface area contributed by atoms with Gasteiger partial charge in [-0.25, -0.2) is 4.79 Å². The summed E-state index contributed by atoms with van der Waals surface area (Å²) < 4.78 is 84.1. The lowest BCUT2D eigenvalue weighted by molar-refractivity contribution is -0.259. The van der Waals surface area contributed by atoms with Gasteiger partial charge in [-0.05, 0) is 149 Å². The third-order valence-corrected chi connectivity index (χ3v) is 13.0. The maximum Gasteiger partial charge on any atom is 0.416 e. The lowest BCUT2D eigenvalue weighted by atomic mass is 10.0. The number of nitrogens with one attached hydrogen (secondary N) is 4. The summed E-state index contributed by atoms with van der Waals surface area (Å²) in [6.07, 6.45) is -4.87. The van der Waals surface area contributed by atoms with Crippen LogP contribution in [0.1, 0.15) is 108 Å². The number of anilines is 1. The number of fused-ring (bicyclic) bond motifs is 1. The van der Waals surface area contributed by atoms with Crippen LogP contribution >= 0.6 is 0 Å². The Morgan fingerprint density at radius 2 is 0.989 bits per heavy atom. The average Bonchev–Trinajstić information content (AvgIpc) is 0.875. The smallest absolute Gasteiger partial charge is 0.416 e. The van der Waals surface area contributed by atoms with Crippen LogP contribution < -0.4 is 26.2 Å². The minimum absolute atomic E-state index is 0.0127. The first-order valence-corrected chi connectivity index (χ1v) is 29.1. The van der Waals surface area contributed by atoms with Gasteiger partial charge in [0.1, 0.15) is 5.60 Å². The number of nitrogens with zero attached hydrogens (tertiary/aromatic N) is 9. The van der Waals surface area contributed by atoms with Crippen molar-refractivity contribution in [3.63, 3.8) is 0 Å². The van der Waals surface area contributed by atoms with E-state index in [2.05, 4.69) is 113 Å². The standard InChI is InChI=1S/C32H30F3N7O.C27H31F3N6O3.C5H10O3.CO2/c1-20-16-24(18-25(17-20)32(33,34)35)30-40-38-29(39-41-30)21-10-12-22(13-11-21)31(43)37-15-14-36-19-23-6-4-8-27-26(23)7-5-9-28(27)42(2)3;1-17-14-20(16-21(15-17)27(28,29)30)23-35-33-22(34-36-23)18-8-10-19(11-9-18)24(37)31-12-6-5-7-13-32-25(38)39-26(2,3)4;1-2-3-4-7-8-5-6;2-1-3/h4-13,16-18,36H,14-15,19H2,1-3H3,(H,37,43);8-11,14-16H,5-7,12-13H2,1-4H3,(H,31,37)(H,32,38);5H,2-4H2,1H3;. The highest BCUT2D eigenvalue weighted by Crippen LogP contribution is 2.34. The number of hydrogen-bond acceptors (Lipinski definition) is 19. The maximum absolute atomic E-state index is 13.2. The molecule has 8 aromatic rings. The molecule has 0 fully saturated rings. The van der Waals surface area contributed by atoms with Crippen LogP contribution in [0.2, 0.25) is 0 Å². The highest BCUT2D eigenvalue weighted by Gasteiger charge is 2.32. The number of amides is 3.